The summed E-state index contributed by atoms with van der Waals surface area (Å²) in [5.41, 5.74) is 0.631. The van der Waals surface area contributed by atoms with E-state index in [4.69, 9.17) is 0 Å². The SMILES string of the molecule is CNC1CC2CCC(C1)N2CC1(C)CCCCC1. The number of hydrogen-bond donors (Lipinski definition) is 1. The van der Waals surface area contributed by atoms with Crippen LogP contribution in [-0.4, -0.2) is 36.6 Å². The van der Waals surface area contributed by atoms with E-state index in [9.17, 15) is 0 Å². The van der Waals surface area contributed by atoms with Crippen LogP contribution >= 0.6 is 0 Å². The fraction of sp³-hybridized carbons (Fsp3) is 1.00. The highest BCUT2D eigenvalue weighted by Gasteiger charge is 2.43. The summed E-state index contributed by atoms with van der Waals surface area (Å²) in [6.07, 6.45) is 13.1. The molecule has 2 atom stereocenters. The third-order valence-corrected chi connectivity index (χ3v) is 5.92. The molecule has 3 aliphatic rings. The molecule has 1 saturated carbocycles. The lowest BCUT2D eigenvalue weighted by Crippen LogP contribution is -2.51. The zero-order valence-electron chi connectivity index (χ0n) is 12.3. The van der Waals surface area contributed by atoms with E-state index in [0.717, 1.165) is 18.1 Å². The van der Waals surface area contributed by atoms with Crippen molar-refractivity contribution in [3.63, 3.8) is 0 Å². The van der Waals surface area contributed by atoms with Crippen molar-refractivity contribution in [1.82, 2.24) is 10.2 Å². The van der Waals surface area contributed by atoms with E-state index >= 15 is 0 Å². The van der Waals surface area contributed by atoms with Gasteiger partial charge in [0, 0.05) is 24.7 Å². The summed E-state index contributed by atoms with van der Waals surface area (Å²) in [6, 6.07) is 2.57. The molecule has 1 N–H and O–H groups in total. The number of nitrogens with zero attached hydrogens (tertiary/aromatic N) is 1. The first-order valence-corrected chi connectivity index (χ1v) is 8.13. The quantitative estimate of drug-likeness (QED) is 0.827. The molecule has 2 nitrogen and oxygen atoms in total. The third kappa shape index (κ3) is 2.46. The molecule has 2 bridgehead atoms. The summed E-state index contributed by atoms with van der Waals surface area (Å²) in [7, 11) is 2.14. The minimum Gasteiger partial charge on any atom is -0.317 e. The molecule has 2 unspecified atom stereocenters. The summed E-state index contributed by atoms with van der Waals surface area (Å²) in [5.74, 6) is 0. The number of piperidine rings is 1. The van der Waals surface area contributed by atoms with E-state index in [0.29, 0.717) is 5.41 Å². The molecule has 0 aromatic carbocycles. The molecule has 0 radical (unpaired) electrons. The summed E-state index contributed by atoms with van der Waals surface area (Å²) < 4.78 is 0. The molecule has 104 valence electrons. The highest BCUT2D eigenvalue weighted by molar-refractivity contribution is 4.99. The van der Waals surface area contributed by atoms with Crippen LogP contribution in [0.3, 0.4) is 0 Å². The van der Waals surface area contributed by atoms with Gasteiger partial charge < -0.3 is 5.32 Å². The zero-order valence-corrected chi connectivity index (χ0v) is 12.3. The second-order valence-corrected chi connectivity index (χ2v) is 7.39. The molecule has 2 heteroatoms. The first-order valence-electron chi connectivity index (χ1n) is 8.13. The molecule has 0 amide bonds. The van der Waals surface area contributed by atoms with E-state index in [1.807, 2.05) is 0 Å². The highest BCUT2D eigenvalue weighted by Crippen LogP contribution is 2.42. The van der Waals surface area contributed by atoms with Gasteiger partial charge in [-0.05, 0) is 51.0 Å². The molecular formula is C16H30N2. The van der Waals surface area contributed by atoms with Crippen LogP contribution in [0.1, 0.15) is 64.7 Å². The lowest BCUT2D eigenvalue weighted by Gasteiger charge is -2.45. The predicted molar refractivity (Wildman–Crippen MR) is 76.8 cm³/mol. The smallest absolute Gasteiger partial charge is 0.0114 e. The molecule has 2 saturated heterocycles. The summed E-state index contributed by atoms with van der Waals surface area (Å²) in [4.78, 5) is 2.90. The normalized spacial score (nSPS) is 40.0. The van der Waals surface area contributed by atoms with Crippen molar-refractivity contribution < 1.29 is 0 Å². The Kier molecular flexibility index (Phi) is 3.68. The van der Waals surface area contributed by atoms with Crippen molar-refractivity contribution in [2.45, 2.75) is 82.8 Å². The van der Waals surface area contributed by atoms with Gasteiger partial charge in [-0.2, -0.15) is 0 Å². The van der Waals surface area contributed by atoms with Crippen LogP contribution in [0, 0.1) is 5.41 Å². The number of fused-ring (bicyclic) bond motifs is 2. The maximum Gasteiger partial charge on any atom is 0.0114 e. The Morgan fingerprint density at radius 3 is 2.22 bits per heavy atom. The average Bonchev–Trinajstić information content (AvgIpc) is 2.62. The minimum absolute atomic E-state index is 0.631. The Bertz CT molecular complexity index is 269. The summed E-state index contributed by atoms with van der Waals surface area (Å²) in [5, 5.41) is 3.51. The fourth-order valence-corrected chi connectivity index (χ4v) is 4.77. The van der Waals surface area contributed by atoms with Gasteiger partial charge in [-0.1, -0.05) is 26.2 Å². The zero-order chi connectivity index (χ0) is 12.6. The Balaban J connectivity index is 1.63. The van der Waals surface area contributed by atoms with Crippen LogP contribution in [0.2, 0.25) is 0 Å². The van der Waals surface area contributed by atoms with E-state index in [1.54, 1.807) is 0 Å². The maximum atomic E-state index is 3.51. The number of nitrogens with one attached hydrogen (secondary N) is 1. The van der Waals surface area contributed by atoms with E-state index in [-0.39, 0.29) is 0 Å². The van der Waals surface area contributed by atoms with Gasteiger partial charge in [0.1, 0.15) is 0 Å². The van der Waals surface area contributed by atoms with Crippen LogP contribution in [-0.2, 0) is 0 Å². The maximum absolute atomic E-state index is 3.51. The monoisotopic (exact) mass is 250 g/mol. The largest absolute Gasteiger partial charge is 0.317 e. The third-order valence-electron chi connectivity index (χ3n) is 5.92. The van der Waals surface area contributed by atoms with Gasteiger partial charge in [0.15, 0.2) is 0 Å². The van der Waals surface area contributed by atoms with Crippen LogP contribution in [0.15, 0.2) is 0 Å². The molecule has 18 heavy (non-hydrogen) atoms. The van der Waals surface area contributed by atoms with Gasteiger partial charge in [-0.3, -0.25) is 4.90 Å². The molecule has 2 heterocycles. The van der Waals surface area contributed by atoms with Crippen LogP contribution < -0.4 is 5.32 Å². The van der Waals surface area contributed by atoms with Gasteiger partial charge in [0.25, 0.3) is 0 Å². The van der Waals surface area contributed by atoms with Gasteiger partial charge >= 0.3 is 0 Å². The molecule has 3 rings (SSSR count). The van der Waals surface area contributed by atoms with Crippen molar-refractivity contribution in [1.29, 1.82) is 0 Å². The standard InChI is InChI=1S/C16H30N2/c1-16(8-4-3-5-9-16)12-18-14-6-7-15(18)11-13(10-14)17-2/h13-15,17H,3-12H2,1-2H3. The number of rotatable bonds is 3. The fourth-order valence-electron chi connectivity index (χ4n) is 4.77. The van der Waals surface area contributed by atoms with E-state index < -0.39 is 0 Å². The molecule has 0 aromatic heterocycles. The van der Waals surface area contributed by atoms with E-state index in [2.05, 4.69) is 24.2 Å². The molecular weight excluding hydrogens is 220 g/mol. The molecule has 2 aliphatic heterocycles. The average molecular weight is 250 g/mol. The summed E-state index contributed by atoms with van der Waals surface area (Å²) >= 11 is 0. The second kappa shape index (κ2) is 5.13. The van der Waals surface area contributed by atoms with E-state index in [1.165, 1.54) is 64.3 Å². The Hall–Kier alpha value is -0.0800. The lowest BCUT2D eigenvalue weighted by atomic mass is 9.74. The number of hydrogen-bond acceptors (Lipinski definition) is 2. The molecule has 0 aromatic rings. The molecule has 3 fully saturated rings. The van der Waals surface area contributed by atoms with Crippen molar-refractivity contribution in [2.75, 3.05) is 13.6 Å². The van der Waals surface area contributed by atoms with Crippen molar-refractivity contribution in [3.05, 3.63) is 0 Å². The highest BCUT2D eigenvalue weighted by atomic mass is 15.2. The van der Waals surface area contributed by atoms with Crippen LogP contribution in [0.5, 0.6) is 0 Å². The topological polar surface area (TPSA) is 15.3 Å². The summed E-state index contributed by atoms with van der Waals surface area (Å²) in [6.45, 7) is 3.94. The first kappa shape index (κ1) is 12.9. The Morgan fingerprint density at radius 1 is 1.06 bits per heavy atom. The van der Waals surface area contributed by atoms with Crippen LogP contribution in [0.4, 0.5) is 0 Å². The predicted octanol–water partition coefficient (Wildman–Crippen LogP) is 3.17. The van der Waals surface area contributed by atoms with Crippen molar-refractivity contribution >= 4 is 0 Å². The lowest BCUT2D eigenvalue weighted by molar-refractivity contribution is 0.0507. The minimum atomic E-state index is 0.631. The Labute approximate surface area is 113 Å². The van der Waals surface area contributed by atoms with Crippen molar-refractivity contribution in [3.8, 4) is 0 Å². The Morgan fingerprint density at radius 2 is 1.67 bits per heavy atom. The van der Waals surface area contributed by atoms with Gasteiger partial charge in [0.2, 0.25) is 0 Å². The van der Waals surface area contributed by atoms with Gasteiger partial charge in [0.05, 0.1) is 0 Å². The first-order chi connectivity index (χ1) is 8.70. The van der Waals surface area contributed by atoms with Crippen molar-refractivity contribution in [2.24, 2.45) is 5.41 Å². The molecule has 1 aliphatic carbocycles. The van der Waals surface area contributed by atoms with Gasteiger partial charge in [-0.15, -0.1) is 0 Å². The second-order valence-electron chi connectivity index (χ2n) is 7.39. The van der Waals surface area contributed by atoms with Crippen LogP contribution in [0.25, 0.3) is 0 Å². The molecule has 0 spiro atoms. The van der Waals surface area contributed by atoms with Gasteiger partial charge in [-0.25, -0.2) is 0 Å².